The summed E-state index contributed by atoms with van der Waals surface area (Å²) in [7, 11) is 1.32. The van der Waals surface area contributed by atoms with E-state index in [1.54, 1.807) is 18.2 Å². The van der Waals surface area contributed by atoms with Crippen molar-refractivity contribution in [3.05, 3.63) is 51.1 Å². The van der Waals surface area contributed by atoms with Crippen LogP contribution < -0.4 is 0 Å². The minimum atomic E-state index is -0.410. The van der Waals surface area contributed by atoms with Crippen molar-refractivity contribution >= 4 is 32.7 Å². The summed E-state index contributed by atoms with van der Waals surface area (Å²) in [4.78, 5) is 24.9. The topological polar surface area (TPSA) is 65.0 Å². The molecule has 0 saturated heterocycles. The van der Waals surface area contributed by atoms with Crippen molar-refractivity contribution in [3.8, 4) is 0 Å². The Kier molecular flexibility index (Phi) is 8.32. The second-order valence-corrected chi connectivity index (χ2v) is 6.26. The molecule has 2 rings (SSSR count). The minimum Gasteiger partial charge on any atom is -0.465 e. The summed E-state index contributed by atoms with van der Waals surface area (Å²) in [5.41, 5.74) is 0.438. The molecule has 0 amide bonds. The van der Waals surface area contributed by atoms with Gasteiger partial charge in [0.2, 0.25) is 0 Å². The molecule has 0 atom stereocenters. The highest BCUT2D eigenvalue weighted by Crippen LogP contribution is 2.26. The van der Waals surface area contributed by atoms with E-state index in [0.717, 1.165) is 17.2 Å². The predicted molar refractivity (Wildman–Crippen MR) is 94.1 cm³/mol. The summed E-state index contributed by atoms with van der Waals surface area (Å²) in [6.07, 6.45) is 0.895. The molecule has 0 aromatic heterocycles. The largest absolute Gasteiger partial charge is 0.465 e. The molecule has 0 unspecified atom stereocenters. The fourth-order valence-corrected chi connectivity index (χ4v) is 2.44. The first-order chi connectivity index (χ1) is 11.4. The second-order valence-electron chi connectivity index (χ2n) is 5.41. The summed E-state index contributed by atoms with van der Waals surface area (Å²) in [5, 5.41) is 3.78. The van der Waals surface area contributed by atoms with Gasteiger partial charge in [-0.25, -0.2) is 9.18 Å². The third-order valence-corrected chi connectivity index (χ3v) is 3.78. The van der Waals surface area contributed by atoms with Gasteiger partial charge in [0.05, 0.1) is 12.7 Å². The zero-order valence-electron chi connectivity index (χ0n) is 13.7. The summed E-state index contributed by atoms with van der Waals surface area (Å²) in [5.74, 6) is -0.136. The lowest BCUT2D eigenvalue weighted by Crippen LogP contribution is -2.01. The Morgan fingerprint density at radius 2 is 2.00 bits per heavy atom. The molecular formula is C17H19BrFNO4. The van der Waals surface area contributed by atoms with Gasteiger partial charge in [-0.3, -0.25) is 0 Å². The van der Waals surface area contributed by atoms with Crippen LogP contribution in [0.1, 0.15) is 30.6 Å². The predicted octanol–water partition coefficient (Wildman–Crippen LogP) is 5.26. The van der Waals surface area contributed by atoms with Gasteiger partial charge in [0.15, 0.2) is 5.34 Å². The fourth-order valence-electron chi connectivity index (χ4n) is 1.85. The Morgan fingerprint density at radius 3 is 2.58 bits per heavy atom. The first-order valence-corrected chi connectivity index (χ1v) is 8.10. The summed E-state index contributed by atoms with van der Waals surface area (Å²) in [6, 6.07) is 7.69. The molecule has 0 aliphatic rings. The van der Waals surface area contributed by atoms with E-state index in [1.807, 2.05) is 0 Å². The highest BCUT2D eigenvalue weighted by molar-refractivity contribution is 9.10. The van der Waals surface area contributed by atoms with Gasteiger partial charge in [-0.1, -0.05) is 35.8 Å². The van der Waals surface area contributed by atoms with E-state index in [2.05, 4.69) is 44.7 Å². The van der Waals surface area contributed by atoms with E-state index in [-0.39, 0.29) is 5.82 Å². The average molecular weight is 400 g/mol. The average Bonchev–Trinajstić information content (AvgIpc) is 2.55. The fraction of sp³-hybridized carbons (Fsp3) is 0.353. The van der Waals surface area contributed by atoms with Crippen LogP contribution in [0.15, 0.2) is 40.1 Å². The Morgan fingerprint density at radius 1 is 1.29 bits per heavy atom. The number of hydrogen-bond acceptors (Lipinski definition) is 5. The maximum atomic E-state index is 13.0. The standard InChI is InChI=1S/C12H8BrFO2.C5H11NO2/c1-16-12(15)8-4-7-2-3-9(14)6-10(7)11(13)5-8;1-5(2)3-4-8-6-7/h2-6H,1H3;5H,3-4H2,1-2H3. The molecule has 0 aliphatic carbocycles. The summed E-state index contributed by atoms with van der Waals surface area (Å²) < 4.78 is 18.3. The lowest BCUT2D eigenvalue weighted by atomic mass is 10.1. The molecule has 0 aliphatic heterocycles. The molecule has 5 nitrogen and oxygen atoms in total. The molecule has 24 heavy (non-hydrogen) atoms. The van der Waals surface area contributed by atoms with Crippen molar-refractivity contribution in [1.29, 1.82) is 0 Å². The molecule has 2 aromatic rings. The Balaban J connectivity index is 0.000000307. The Labute approximate surface area is 148 Å². The lowest BCUT2D eigenvalue weighted by molar-refractivity contribution is 0.0601. The highest BCUT2D eigenvalue weighted by Gasteiger charge is 2.09. The number of nitrogens with zero attached hydrogens (tertiary/aromatic N) is 1. The number of carbonyl (C=O) groups excluding carboxylic acids is 1. The molecule has 0 heterocycles. The monoisotopic (exact) mass is 399 g/mol. The van der Waals surface area contributed by atoms with Crippen LogP contribution in [0.3, 0.4) is 0 Å². The molecule has 7 heteroatoms. The molecule has 0 bridgehead atoms. The molecule has 130 valence electrons. The number of benzene rings is 2. The van der Waals surface area contributed by atoms with E-state index in [4.69, 9.17) is 0 Å². The van der Waals surface area contributed by atoms with Crippen molar-refractivity contribution in [2.75, 3.05) is 13.7 Å². The first kappa shape index (κ1) is 20.0. The van der Waals surface area contributed by atoms with Crippen LogP contribution in [0.25, 0.3) is 10.8 Å². The quantitative estimate of drug-likeness (QED) is 0.297. The maximum absolute atomic E-state index is 13.0. The van der Waals surface area contributed by atoms with Crippen LogP contribution in [0.5, 0.6) is 0 Å². The molecular weight excluding hydrogens is 381 g/mol. The van der Waals surface area contributed by atoms with Gasteiger partial charge >= 0.3 is 5.97 Å². The van der Waals surface area contributed by atoms with E-state index in [9.17, 15) is 14.1 Å². The van der Waals surface area contributed by atoms with Gasteiger partial charge in [0, 0.05) is 4.47 Å². The molecule has 0 saturated carbocycles. The van der Waals surface area contributed by atoms with Gasteiger partial charge < -0.3 is 9.57 Å². The van der Waals surface area contributed by atoms with E-state index < -0.39 is 5.97 Å². The van der Waals surface area contributed by atoms with Crippen LogP contribution in [0.4, 0.5) is 4.39 Å². The van der Waals surface area contributed by atoms with Crippen molar-refractivity contribution in [2.45, 2.75) is 20.3 Å². The number of fused-ring (bicyclic) bond motifs is 1. The van der Waals surface area contributed by atoms with Crippen LogP contribution in [-0.4, -0.2) is 19.7 Å². The Bertz CT molecular complexity index is 706. The third kappa shape index (κ3) is 6.23. The van der Waals surface area contributed by atoms with Crippen LogP contribution in [-0.2, 0) is 9.57 Å². The number of ether oxygens (including phenoxy) is 1. The third-order valence-electron chi connectivity index (χ3n) is 3.13. The van der Waals surface area contributed by atoms with Crippen molar-refractivity contribution in [3.63, 3.8) is 0 Å². The highest BCUT2D eigenvalue weighted by atomic mass is 79.9. The summed E-state index contributed by atoms with van der Waals surface area (Å²) >= 11 is 3.30. The molecule has 0 N–H and O–H groups in total. The van der Waals surface area contributed by atoms with Gasteiger partial charge in [-0.2, -0.15) is 0 Å². The second kappa shape index (κ2) is 9.97. The lowest BCUT2D eigenvalue weighted by Gasteiger charge is -2.04. The van der Waals surface area contributed by atoms with E-state index in [0.29, 0.717) is 22.6 Å². The molecule has 0 spiro atoms. The minimum absolute atomic E-state index is 0.306. The molecule has 0 fully saturated rings. The number of rotatable bonds is 5. The van der Waals surface area contributed by atoms with Gasteiger partial charge in [0.1, 0.15) is 12.4 Å². The number of esters is 1. The smallest absolute Gasteiger partial charge is 0.337 e. The Hall–Kier alpha value is -2.02. The first-order valence-electron chi connectivity index (χ1n) is 7.30. The van der Waals surface area contributed by atoms with E-state index in [1.165, 1.54) is 19.2 Å². The normalized spacial score (nSPS) is 10.1. The van der Waals surface area contributed by atoms with Crippen LogP contribution in [0, 0.1) is 16.6 Å². The van der Waals surface area contributed by atoms with Crippen molar-refractivity contribution in [2.24, 2.45) is 11.3 Å². The molecule has 2 aromatic carbocycles. The zero-order valence-corrected chi connectivity index (χ0v) is 15.3. The summed E-state index contributed by atoms with van der Waals surface area (Å²) in [6.45, 7) is 4.57. The number of hydrogen-bond donors (Lipinski definition) is 0. The number of methoxy groups -OCH3 is 1. The van der Waals surface area contributed by atoms with Gasteiger partial charge in [-0.15, -0.1) is 4.91 Å². The van der Waals surface area contributed by atoms with Crippen LogP contribution in [0.2, 0.25) is 0 Å². The zero-order chi connectivity index (χ0) is 18.1. The van der Waals surface area contributed by atoms with Crippen molar-refractivity contribution in [1.82, 2.24) is 0 Å². The maximum Gasteiger partial charge on any atom is 0.337 e. The SMILES string of the molecule is CC(C)CCON=O.COC(=O)c1cc(Br)c2cc(F)ccc2c1. The van der Waals surface area contributed by atoms with Crippen LogP contribution >= 0.6 is 15.9 Å². The number of halogens is 2. The van der Waals surface area contributed by atoms with Gasteiger partial charge in [-0.05, 0) is 47.4 Å². The van der Waals surface area contributed by atoms with Gasteiger partial charge in [0.25, 0.3) is 0 Å². The molecule has 0 radical (unpaired) electrons. The van der Waals surface area contributed by atoms with Crippen molar-refractivity contribution < 1.29 is 18.8 Å². The van der Waals surface area contributed by atoms with E-state index >= 15 is 0 Å². The number of carbonyl (C=O) groups is 1.